The SMILES string of the molecule is OC(c1cc(F)cc(F)c1)C1CNC[C@@H](O)[C@@H]1O. The van der Waals surface area contributed by atoms with E-state index in [1.807, 2.05) is 0 Å². The predicted octanol–water partition coefficient (Wildman–Crippen LogP) is -0.0606. The highest BCUT2D eigenvalue weighted by Crippen LogP contribution is 2.28. The second-order valence-electron chi connectivity index (χ2n) is 4.53. The van der Waals surface area contributed by atoms with Gasteiger partial charge in [0.15, 0.2) is 0 Å². The van der Waals surface area contributed by atoms with Crippen LogP contribution in [0.1, 0.15) is 11.7 Å². The highest BCUT2D eigenvalue weighted by atomic mass is 19.1. The van der Waals surface area contributed by atoms with E-state index in [0.29, 0.717) is 6.07 Å². The number of hydrogen-bond donors (Lipinski definition) is 4. The van der Waals surface area contributed by atoms with Gasteiger partial charge in [0, 0.05) is 25.1 Å². The monoisotopic (exact) mass is 259 g/mol. The molecule has 2 rings (SSSR count). The minimum Gasteiger partial charge on any atom is -0.390 e. The van der Waals surface area contributed by atoms with Crippen molar-refractivity contribution in [3.8, 4) is 0 Å². The summed E-state index contributed by atoms with van der Waals surface area (Å²) >= 11 is 0. The van der Waals surface area contributed by atoms with E-state index in [2.05, 4.69) is 5.32 Å². The molecule has 0 spiro atoms. The molecule has 18 heavy (non-hydrogen) atoms. The number of halogens is 2. The summed E-state index contributed by atoms with van der Waals surface area (Å²) in [6.07, 6.45) is -3.38. The Hall–Kier alpha value is -1.08. The van der Waals surface area contributed by atoms with Gasteiger partial charge in [-0.05, 0) is 17.7 Å². The summed E-state index contributed by atoms with van der Waals surface area (Å²) < 4.78 is 26.1. The number of nitrogens with one attached hydrogen (secondary N) is 1. The lowest BCUT2D eigenvalue weighted by Crippen LogP contribution is -2.52. The average Bonchev–Trinajstić information content (AvgIpc) is 2.30. The molecular formula is C12H15F2NO3. The van der Waals surface area contributed by atoms with Crippen LogP contribution in [-0.2, 0) is 0 Å². The molecule has 0 amide bonds. The lowest BCUT2D eigenvalue weighted by molar-refractivity contribution is -0.0749. The Kier molecular flexibility index (Phi) is 3.91. The van der Waals surface area contributed by atoms with E-state index < -0.39 is 35.9 Å². The van der Waals surface area contributed by atoms with E-state index in [9.17, 15) is 24.1 Å². The normalized spacial score (nSPS) is 30.2. The zero-order chi connectivity index (χ0) is 13.3. The molecule has 1 aromatic rings. The summed E-state index contributed by atoms with van der Waals surface area (Å²) in [6, 6.07) is 2.74. The average molecular weight is 259 g/mol. The van der Waals surface area contributed by atoms with Crippen molar-refractivity contribution in [3.63, 3.8) is 0 Å². The van der Waals surface area contributed by atoms with Crippen LogP contribution in [0, 0.1) is 17.6 Å². The van der Waals surface area contributed by atoms with Gasteiger partial charge >= 0.3 is 0 Å². The van der Waals surface area contributed by atoms with Crippen LogP contribution in [0.25, 0.3) is 0 Å². The molecule has 0 radical (unpaired) electrons. The van der Waals surface area contributed by atoms with Gasteiger partial charge in [0.05, 0.1) is 18.3 Å². The summed E-state index contributed by atoms with van der Waals surface area (Å²) in [6.45, 7) is 0.486. The van der Waals surface area contributed by atoms with Gasteiger partial charge in [-0.25, -0.2) is 8.78 Å². The van der Waals surface area contributed by atoms with Gasteiger partial charge in [-0.1, -0.05) is 0 Å². The number of rotatable bonds is 2. The molecule has 1 heterocycles. The Balaban J connectivity index is 2.21. The number of hydrogen-bond acceptors (Lipinski definition) is 4. The molecule has 6 heteroatoms. The van der Waals surface area contributed by atoms with Crippen LogP contribution in [0.15, 0.2) is 18.2 Å². The van der Waals surface area contributed by atoms with E-state index in [4.69, 9.17) is 0 Å². The molecule has 0 aliphatic carbocycles. The number of benzene rings is 1. The van der Waals surface area contributed by atoms with Crippen molar-refractivity contribution in [2.75, 3.05) is 13.1 Å². The van der Waals surface area contributed by atoms with Gasteiger partial charge in [-0.3, -0.25) is 0 Å². The largest absolute Gasteiger partial charge is 0.390 e. The van der Waals surface area contributed by atoms with E-state index in [0.717, 1.165) is 12.1 Å². The number of piperidine rings is 1. The number of β-amino-alcohol motifs (C(OH)–C–C–N with tert-alkyl or cyclic N) is 1. The third-order valence-corrected chi connectivity index (χ3v) is 3.20. The first kappa shape index (κ1) is 13.4. The van der Waals surface area contributed by atoms with Crippen LogP contribution in [0.2, 0.25) is 0 Å². The van der Waals surface area contributed by atoms with E-state index in [-0.39, 0.29) is 18.7 Å². The van der Waals surface area contributed by atoms with Crippen LogP contribution < -0.4 is 5.32 Å². The predicted molar refractivity (Wildman–Crippen MR) is 59.7 cm³/mol. The molecule has 1 fully saturated rings. The molecule has 1 aliphatic heterocycles. The molecule has 4 nitrogen and oxygen atoms in total. The molecular weight excluding hydrogens is 244 g/mol. The van der Waals surface area contributed by atoms with Crippen LogP contribution in [0.4, 0.5) is 8.78 Å². The second-order valence-corrected chi connectivity index (χ2v) is 4.53. The maximum Gasteiger partial charge on any atom is 0.126 e. The topological polar surface area (TPSA) is 72.7 Å². The molecule has 1 aliphatic rings. The quantitative estimate of drug-likeness (QED) is 0.600. The Labute approximate surface area is 103 Å². The zero-order valence-corrected chi connectivity index (χ0v) is 9.55. The van der Waals surface area contributed by atoms with E-state index >= 15 is 0 Å². The van der Waals surface area contributed by atoms with Gasteiger partial charge in [0.1, 0.15) is 11.6 Å². The fraction of sp³-hybridized carbons (Fsp3) is 0.500. The minimum atomic E-state index is -1.24. The first-order valence-corrected chi connectivity index (χ1v) is 5.70. The van der Waals surface area contributed by atoms with Crippen LogP contribution in [-0.4, -0.2) is 40.6 Å². The van der Waals surface area contributed by atoms with Crippen molar-refractivity contribution < 1.29 is 24.1 Å². The smallest absolute Gasteiger partial charge is 0.126 e. The Morgan fingerprint density at radius 1 is 1.11 bits per heavy atom. The third-order valence-electron chi connectivity index (χ3n) is 3.20. The summed E-state index contributed by atoms with van der Waals surface area (Å²) in [5.41, 5.74) is 0.0486. The van der Waals surface area contributed by atoms with E-state index in [1.54, 1.807) is 0 Å². The lowest BCUT2D eigenvalue weighted by Gasteiger charge is -2.35. The van der Waals surface area contributed by atoms with Crippen molar-refractivity contribution in [1.82, 2.24) is 5.32 Å². The highest BCUT2D eigenvalue weighted by molar-refractivity contribution is 5.21. The first-order chi connectivity index (χ1) is 8.49. The molecule has 1 aromatic carbocycles. The van der Waals surface area contributed by atoms with Gasteiger partial charge in [-0.2, -0.15) is 0 Å². The van der Waals surface area contributed by atoms with Crippen molar-refractivity contribution in [3.05, 3.63) is 35.4 Å². The van der Waals surface area contributed by atoms with Gasteiger partial charge in [-0.15, -0.1) is 0 Å². The van der Waals surface area contributed by atoms with Gasteiger partial charge < -0.3 is 20.6 Å². The lowest BCUT2D eigenvalue weighted by atomic mass is 9.85. The fourth-order valence-electron chi connectivity index (χ4n) is 2.22. The van der Waals surface area contributed by atoms with Crippen molar-refractivity contribution >= 4 is 0 Å². The second kappa shape index (κ2) is 5.27. The first-order valence-electron chi connectivity index (χ1n) is 5.70. The molecule has 0 saturated carbocycles. The maximum absolute atomic E-state index is 13.1. The Bertz CT molecular complexity index is 410. The molecule has 100 valence electrons. The van der Waals surface area contributed by atoms with Gasteiger partial charge in [0.2, 0.25) is 0 Å². The summed E-state index contributed by atoms with van der Waals surface area (Å²) in [5.74, 6) is -2.29. The van der Waals surface area contributed by atoms with Crippen LogP contribution in [0.5, 0.6) is 0 Å². The Morgan fingerprint density at radius 2 is 1.72 bits per heavy atom. The zero-order valence-electron chi connectivity index (χ0n) is 9.55. The number of aliphatic hydroxyl groups excluding tert-OH is 3. The molecule has 0 bridgehead atoms. The van der Waals surface area contributed by atoms with Crippen LogP contribution in [0.3, 0.4) is 0 Å². The highest BCUT2D eigenvalue weighted by Gasteiger charge is 2.35. The summed E-state index contributed by atoms with van der Waals surface area (Å²) in [5, 5.41) is 32.1. The van der Waals surface area contributed by atoms with Crippen molar-refractivity contribution in [1.29, 1.82) is 0 Å². The molecule has 4 N–H and O–H groups in total. The maximum atomic E-state index is 13.1. The Morgan fingerprint density at radius 3 is 2.33 bits per heavy atom. The van der Waals surface area contributed by atoms with Gasteiger partial charge in [0.25, 0.3) is 0 Å². The summed E-state index contributed by atoms with van der Waals surface area (Å²) in [4.78, 5) is 0. The molecule has 1 saturated heterocycles. The number of aliphatic hydroxyl groups is 3. The van der Waals surface area contributed by atoms with Crippen molar-refractivity contribution in [2.45, 2.75) is 18.3 Å². The molecule has 2 unspecified atom stereocenters. The summed E-state index contributed by atoms with van der Waals surface area (Å²) in [7, 11) is 0. The minimum absolute atomic E-state index is 0.0486. The third kappa shape index (κ3) is 2.67. The standard InChI is InChI=1S/C12H15F2NO3/c13-7-1-6(2-8(14)3-7)11(17)9-4-15-5-10(16)12(9)18/h1-3,9-12,15-18H,4-5H2/t9?,10-,11?,12-/m1/s1. The fourth-order valence-corrected chi connectivity index (χ4v) is 2.22. The molecule has 4 atom stereocenters. The molecule has 0 aromatic heterocycles. The van der Waals surface area contributed by atoms with Crippen molar-refractivity contribution in [2.24, 2.45) is 5.92 Å². The van der Waals surface area contributed by atoms with E-state index in [1.165, 1.54) is 0 Å². The van der Waals surface area contributed by atoms with Crippen LogP contribution >= 0.6 is 0 Å².